The molecule has 2 aliphatic rings. The maximum atomic E-state index is 13.3. The van der Waals surface area contributed by atoms with E-state index in [1.165, 1.54) is 25.3 Å². The molecule has 0 saturated carbocycles. The van der Waals surface area contributed by atoms with E-state index in [-0.39, 0.29) is 5.91 Å². The van der Waals surface area contributed by atoms with Crippen molar-refractivity contribution in [2.45, 2.75) is 24.9 Å². The Labute approximate surface area is 111 Å². The third-order valence-electron chi connectivity index (χ3n) is 3.90. The predicted molar refractivity (Wildman–Crippen MR) is 68.8 cm³/mol. The Morgan fingerprint density at radius 1 is 1.37 bits per heavy atom. The maximum absolute atomic E-state index is 13.3. The summed E-state index contributed by atoms with van der Waals surface area (Å²) < 4.78 is 18.5. The largest absolute Gasteiger partial charge is 0.496 e. The van der Waals surface area contributed by atoms with Crippen molar-refractivity contribution in [1.29, 1.82) is 0 Å². The number of ether oxygens (including phenoxy) is 1. The molecule has 0 aliphatic carbocycles. The number of amides is 1. The lowest BCUT2D eigenvalue weighted by Crippen LogP contribution is -2.53. The topological polar surface area (TPSA) is 41.6 Å². The molecule has 0 radical (unpaired) electrons. The van der Waals surface area contributed by atoms with Gasteiger partial charge < -0.3 is 15.0 Å². The lowest BCUT2D eigenvalue weighted by molar-refractivity contribution is 0.0693. The fourth-order valence-electron chi connectivity index (χ4n) is 2.98. The first-order valence-electron chi connectivity index (χ1n) is 6.56. The summed E-state index contributed by atoms with van der Waals surface area (Å²) in [5, 5.41) is 3.47. The van der Waals surface area contributed by atoms with Crippen LogP contribution in [0, 0.1) is 5.82 Å². The van der Waals surface area contributed by atoms with Crippen molar-refractivity contribution in [1.82, 2.24) is 10.2 Å². The van der Waals surface area contributed by atoms with Gasteiger partial charge in [-0.1, -0.05) is 0 Å². The van der Waals surface area contributed by atoms with Gasteiger partial charge in [0, 0.05) is 25.2 Å². The van der Waals surface area contributed by atoms with E-state index < -0.39 is 5.82 Å². The molecule has 2 heterocycles. The van der Waals surface area contributed by atoms with Crippen molar-refractivity contribution in [2.24, 2.45) is 0 Å². The summed E-state index contributed by atoms with van der Waals surface area (Å²) in [5.74, 6) is -0.130. The van der Waals surface area contributed by atoms with E-state index in [2.05, 4.69) is 5.32 Å². The summed E-state index contributed by atoms with van der Waals surface area (Å²) in [6, 6.07) is 4.81. The summed E-state index contributed by atoms with van der Waals surface area (Å²) in [5.41, 5.74) is 0.309. The maximum Gasteiger partial charge on any atom is 0.257 e. The molecule has 2 atom stereocenters. The van der Waals surface area contributed by atoms with Crippen LogP contribution in [0.5, 0.6) is 5.75 Å². The molecule has 1 amide bonds. The van der Waals surface area contributed by atoms with E-state index in [4.69, 9.17) is 4.74 Å². The number of benzene rings is 1. The van der Waals surface area contributed by atoms with Crippen LogP contribution in [0.4, 0.5) is 4.39 Å². The molecule has 4 nitrogen and oxygen atoms in total. The molecule has 2 aliphatic heterocycles. The number of nitrogens with one attached hydrogen (secondary N) is 1. The summed E-state index contributed by atoms with van der Waals surface area (Å²) in [4.78, 5) is 14.3. The quantitative estimate of drug-likeness (QED) is 0.878. The van der Waals surface area contributed by atoms with Crippen molar-refractivity contribution in [3.05, 3.63) is 29.6 Å². The zero-order valence-corrected chi connectivity index (χ0v) is 10.9. The van der Waals surface area contributed by atoms with Crippen molar-refractivity contribution in [2.75, 3.05) is 20.2 Å². The van der Waals surface area contributed by atoms with Crippen molar-refractivity contribution < 1.29 is 13.9 Å². The van der Waals surface area contributed by atoms with E-state index in [9.17, 15) is 9.18 Å². The predicted octanol–water partition coefficient (Wildman–Crippen LogP) is 1.41. The molecule has 1 aromatic rings. The zero-order valence-electron chi connectivity index (χ0n) is 10.9. The number of likely N-dealkylation sites (tertiary alicyclic amines) is 1. The fraction of sp³-hybridized carbons (Fsp3) is 0.500. The number of nitrogens with zero attached hydrogens (tertiary/aromatic N) is 1. The summed E-state index contributed by atoms with van der Waals surface area (Å²) in [6.45, 7) is 1.38. The van der Waals surface area contributed by atoms with Crippen LogP contribution in [0.2, 0.25) is 0 Å². The second-order valence-corrected chi connectivity index (χ2v) is 5.19. The number of halogens is 1. The highest BCUT2D eigenvalue weighted by atomic mass is 19.1. The van der Waals surface area contributed by atoms with E-state index in [1.54, 1.807) is 4.90 Å². The first-order valence-corrected chi connectivity index (χ1v) is 6.56. The average molecular weight is 264 g/mol. The minimum absolute atomic E-state index is 0.144. The van der Waals surface area contributed by atoms with Crippen LogP contribution in [-0.4, -0.2) is 43.1 Å². The summed E-state index contributed by atoms with van der Waals surface area (Å²) >= 11 is 0. The molecule has 2 unspecified atom stereocenters. The number of carbonyl (C=O) groups is 1. The van der Waals surface area contributed by atoms with Gasteiger partial charge in [0.15, 0.2) is 0 Å². The van der Waals surface area contributed by atoms with Gasteiger partial charge in [-0.25, -0.2) is 4.39 Å². The molecular weight excluding hydrogens is 247 g/mol. The molecule has 5 heteroatoms. The minimum Gasteiger partial charge on any atom is -0.496 e. The van der Waals surface area contributed by atoms with Crippen LogP contribution in [0.1, 0.15) is 23.2 Å². The monoisotopic (exact) mass is 264 g/mol. The lowest BCUT2D eigenvalue weighted by atomic mass is 10.1. The fourth-order valence-corrected chi connectivity index (χ4v) is 2.98. The van der Waals surface area contributed by atoms with E-state index in [1.807, 2.05) is 0 Å². The van der Waals surface area contributed by atoms with Gasteiger partial charge in [-0.15, -0.1) is 0 Å². The minimum atomic E-state index is -0.415. The van der Waals surface area contributed by atoms with E-state index in [0.29, 0.717) is 36.5 Å². The number of carbonyl (C=O) groups excluding carboxylic acids is 1. The Hall–Kier alpha value is -1.62. The summed E-state index contributed by atoms with van der Waals surface area (Å²) in [7, 11) is 1.49. The second-order valence-electron chi connectivity index (χ2n) is 5.19. The Kier molecular flexibility index (Phi) is 3.14. The highest BCUT2D eigenvalue weighted by Crippen LogP contribution is 2.25. The van der Waals surface area contributed by atoms with Gasteiger partial charge in [0.25, 0.3) is 5.91 Å². The molecule has 0 aromatic heterocycles. The van der Waals surface area contributed by atoms with Crippen LogP contribution >= 0.6 is 0 Å². The Morgan fingerprint density at radius 2 is 2.05 bits per heavy atom. The van der Waals surface area contributed by atoms with Gasteiger partial charge >= 0.3 is 0 Å². The number of fused-ring (bicyclic) bond motifs is 2. The Morgan fingerprint density at radius 3 is 2.68 bits per heavy atom. The van der Waals surface area contributed by atoms with Crippen LogP contribution in [0.25, 0.3) is 0 Å². The van der Waals surface area contributed by atoms with Crippen LogP contribution in [0.3, 0.4) is 0 Å². The molecular formula is C14H17FN2O2. The molecule has 1 N–H and O–H groups in total. The highest BCUT2D eigenvalue weighted by Gasteiger charge is 2.35. The normalized spacial score (nSPS) is 25.5. The zero-order chi connectivity index (χ0) is 13.4. The number of hydrogen-bond donors (Lipinski definition) is 1. The van der Waals surface area contributed by atoms with Crippen LogP contribution < -0.4 is 10.1 Å². The second kappa shape index (κ2) is 4.81. The molecule has 2 bridgehead atoms. The molecule has 1 aromatic carbocycles. The van der Waals surface area contributed by atoms with Crippen LogP contribution in [0.15, 0.2) is 18.2 Å². The standard InChI is InChI=1S/C14H17FN2O2/c1-19-13-5-2-9(15)6-12(13)14(18)17-7-10-3-4-11(8-17)16-10/h2,5-6,10-11,16H,3-4,7-8H2,1H3. The SMILES string of the molecule is COc1ccc(F)cc1C(=O)N1CC2CCC(C1)N2. The molecule has 2 saturated heterocycles. The molecule has 0 spiro atoms. The third-order valence-corrected chi connectivity index (χ3v) is 3.90. The summed E-state index contributed by atoms with van der Waals surface area (Å²) in [6.07, 6.45) is 2.21. The highest BCUT2D eigenvalue weighted by molar-refractivity contribution is 5.97. The van der Waals surface area contributed by atoms with E-state index >= 15 is 0 Å². The van der Waals surface area contributed by atoms with Gasteiger partial charge in [-0.2, -0.15) is 0 Å². The van der Waals surface area contributed by atoms with Gasteiger partial charge in [-0.3, -0.25) is 4.79 Å². The molecule has 2 fully saturated rings. The Balaban J connectivity index is 1.85. The third kappa shape index (κ3) is 2.30. The first-order chi connectivity index (χ1) is 9.17. The van der Waals surface area contributed by atoms with Crippen LogP contribution in [-0.2, 0) is 0 Å². The number of methoxy groups -OCH3 is 1. The number of rotatable bonds is 2. The number of hydrogen-bond acceptors (Lipinski definition) is 3. The molecule has 19 heavy (non-hydrogen) atoms. The van der Waals surface area contributed by atoms with Gasteiger partial charge in [0.1, 0.15) is 11.6 Å². The smallest absolute Gasteiger partial charge is 0.257 e. The number of piperazine rings is 1. The average Bonchev–Trinajstić information content (AvgIpc) is 2.76. The van der Waals surface area contributed by atoms with Crippen molar-refractivity contribution in [3.63, 3.8) is 0 Å². The van der Waals surface area contributed by atoms with Gasteiger partial charge in [0.05, 0.1) is 12.7 Å². The van der Waals surface area contributed by atoms with Gasteiger partial charge in [-0.05, 0) is 31.0 Å². The van der Waals surface area contributed by atoms with Crippen molar-refractivity contribution in [3.8, 4) is 5.75 Å². The van der Waals surface area contributed by atoms with E-state index in [0.717, 1.165) is 12.8 Å². The lowest BCUT2D eigenvalue weighted by Gasteiger charge is -2.33. The Bertz CT molecular complexity index is 494. The van der Waals surface area contributed by atoms with Gasteiger partial charge in [0.2, 0.25) is 0 Å². The van der Waals surface area contributed by atoms with Crippen molar-refractivity contribution >= 4 is 5.91 Å². The molecule has 3 rings (SSSR count). The molecule has 102 valence electrons. The first kappa shape index (κ1) is 12.4.